The molecule has 0 saturated carbocycles. The number of nitrogens with zero attached hydrogens (tertiary/aromatic N) is 2. The van der Waals surface area contributed by atoms with E-state index in [1.165, 1.54) is 0 Å². The Kier molecular flexibility index (Phi) is 4.72. The summed E-state index contributed by atoms with van der Waals surface area (Å²) in [5, 5.41) is 3.23. The minimum absolute atomic E-state index is 0.0535. The van der Waals surface area contributed by atoms with E-state index in [4.69, 9.17) is 4.74 Å². The Bertz CT molecular complexity index is 859. The van der Waals surface area contributed by atoms with Gasteiger partial charge in [-0.1, -0.05) is 6.07 Å². The van der Waals surface area contributed by atoms with Crippen molar-refractivity contribution < 1.29 is 9.53 Å². The lowest BCUT2D eigenvalue weighted by molar-refractivity contribution is 0.0513. The molecule has 1 aromatic carbocycles. The number of carbonyl (C=O) groups is 1. The largest absolute Gasteiger partial charge is 0.381 e. The maximum absolute atomic E-state index is 12.9. The third-order valence-corrected chi connectivity index (χ3v) is 5.45. The van der Waals surface area contributed by atoms with Crippen molar-refractivity contribution in [3.63, 3.8) is 0 Å². The molecule has 1 aliphatic heterocycles. The average Bonchev–Trinajstić information content (AvgIpc) is 3.15. The highest BCUT2D eigenvalue weighted by molar-refractivity contribution is 7.16. The zero-order valence-electron chi connectivity index (χ0n) is 13.7. The molecule has 2 aromatic heterocycles. The van der Waals surface area contributed by atoms with Gasteiger partial charge in [0.05, 0.1) is 21.8 Å². The molecule has 1 aliphatic rings. The topological polar surface area (TPSA) is 64.1 Å². The second kappa shape index (κ2) is 7.29. The van der Waals surface area contributed by atoms with Gasteiger partial charge >= 0.3 is 0 Å². The molecule has 0 radical (unpaired) electrons. The summed E-state index contributed by atoms with van der Waals surface area (Å²) in [7, 11) is 0. The zero-order valence-corrected chi connectivity index (χ0v) is 14.5. The van der Waals surface area contributed by atoms with Crippen LogP contribution in [0.15, 0.2) is 48.2 Å². The summed E-state index contributed by atoms with van der Waals surface area (Å²) in [6.07, 6.45) is 5.47. The Morgan fingerprint density at radius 3 is 2.96 bits per heavy atom. The number of ether oxygens (including phenoxy) is 1. The molecule has 25 heavy (non-hydrogen) atoms. The van der Waals surface area contributed by atoms with E-state index in [2.05, 4.69) is 15.3 Å². The van der Waals surface area contributed by atoms with Crippen LogP contribution in [0.4, 0.5) is 0 Å². The van der Waals surface area contributed by atoms with Crippen molar-refractivity contribution >= 4 is 27.5 Å². The average molecular weight is 353 g/mol. The SMILES string of the molecule is O=C(N[C@H](c1cccnc1)C1CCOCC1)c1ccc2ncsc2c1. The molecular formula is C19H19N3O2S. The highest BCUT2D eigenvalue weighted by atomic mass is 32.1. The molecule has 1 fully saturated rings. The summed E-state index contributed by atoms with van der Waals surface area (Å²) in [6, 6.07) is 9.53. The van der Waals surface area contributed by atoms with Crippen LogP contribution in [0, 0.1) is 5.92 Å². The molecule has 0 spiro atoms. The number of carbonyl (C=O) groups excluding carboxylic acids is 1. The fourth-order valence-corrected chi connectivity index (χ4v) is 4.02. The maximum Gasteiger partial charge on any atom is 0.251 e. The van der Waals surface area contributed by atoms with Crippen LogP contribution in [0.3, 0.4) is 0 Å². The number of hydrogen-bond acceptors (Lipinski definition) is 5. The lowest BCUT2D eigenvalue weighted by Crippen LogP contribution is -2.36. The van der Waals surface area contributed by atoms with Gasteiger partial charge in [-0.3, -0.25) is 9.78 Å². The van der Waals surface area contributed by atoms with E-state index < -0.39 is 0 Å². The normalized spacial score (nSPS) is 16.6. The fraction of sp³-hybridized carbons (Fsp3) is 0.316. The van der Waals surface area contributed by atoms with E-state index >= 15 is 0 Å². The van der Waals surface area contributed by atoms with Crippen molar-refractivity contribution in [1.29, 1.82) is 0 Å². The molecule has 0 unspecified atom stereocenters. The molecule has 0 aliphatic carbocycles. The third kappa shape index (κ3) is 3.55. The lowest BCUT2D eigenvalue weighted by atomic mass is 9.87. The molecule has 3 heterocycles. The Morgan fingerprint density at radius 2 is 2.16 bits per heavy atom. The first-order chi connectivity index (χ1) is 12.3. The Balaban J connectivity index is 1.59. The fourth-order valence-electron chi connectivity index (χ4n) is 3.30. The number of rotatable bonds is 4. The van der Waals surface area contributed by atoms with Crippen molar-refractivity contribution in [1.82, 2.24) is 15.3 Å². The van der Waals surface area contributed by atoms with E-state index in [0.29, 0.717) is 11.5 Å². The van der Waals surface area contributed by atoms with E-state index in [1.54, 1.807) is 23.0 Å². The summed E-state index contributed by atoms with van der Waals surface area (Å²) in [4.78, 5) is 21.3. The van der Waals surface area contributed by atoms with Crippen molar-refractivity contribution in [2.45, 2.75) is 18.9 Å². The number of hydrogen-bond donors (Lipinski definition) is 1. The van der Waals surface area contributed by atoms with Crippen LogP contribution in [-0.4, -0.2) is 29.1 Å². The van der Waals surface area contributed by atoms with Gasteiger partial charge in [0.1, 0.15) is 0 Å². The number of amides is 1. The summed E-state index contributed by atoms with van der Waals surface area (Å²) in [5.41, 5.74) is 4.43. The first-order valence-corrected chi connectivity index (χ1v) is 9.31. The van der Waals surface area contributed by atoms with Gasteiger partial charge in [0.25, 0.3) is 5.91 Å². The molecule has 128 valence electrons. The number of benzene rings is 1. The van der Waals surface area contributed by atoms with Crippen LogP contribution < -0.4 is 5.32 Å². The quantitative estimate of drug-likeness (QED) is 0.778. The Labute approximate surface area is 150 Å². The smallest absolute Gasteiger partial charge is 0.251 e. The predicted molar refractivity (Wildman–Crippen MR) is 97.6 cm³/mol. The van der Waals surface area contributed by atoms with E-state index in [9.17, 15) is 4.79 Å². The van der Waals surface area contributed by atoms with Crippen molar-refractivity contribution in [3.8, 4) is 0 Å². The summed E-state index contributed by atoms with van der Waals surface area (Å²) in [6.45, 7) is 1.48. The van der Waals surface area contributed by atoms with Gasteiger partial charge in [-0.2, -0.15) is 0 Å². The van der Waals surface area contributed by atoms with Crippen LogP contribution in [0.2, 0.25) is 0 Å². The maximum atomic E-state index is 12.9. The predicted octanol–water partition coefficient (Wildman–Crippen LogP) is 3.59. The van der Waals surface area contributed by atoms with Gasteiger partial charge in [0, 0.05) is 31.2 Å². The van der Waals surface area contributed by atoms with Gasteiger partial charge in [0.15, 0.2) is 0 Å². The van der Waals surface area contributed by atoms with Gasteiger partial charge in [-0.15, -0.1) is 11.3 Å². The monoisotopic (exact) mass is 353 g/mol. The minimum atomic E-state index is -0.0596. The first kappa shape index (κ1) is 16.2. The van der Waals surface area contributed by atoms with E-state index in [1.807, 2.05) is 36.5 Å². The summed E-state index contributed by atoms with van der Waals surface area (Å²) < 4.78 is 6.51. The highest BCUT2D eigenvalue weighted by Crippen LogP contribution is 2.30. The van der Waals surface area contributed by atoms with Gasteiger partial charge in [0.2, 0.25) is 0 Å². The highest BCUT2D eigenvalue weighted by Gasteiger charge is 2.27. The summed E-state index contributed by atoms with van der Waals surface area (Å²) in [5.74, 6) is 0.296. The molecule has 1 saturated heterocycles. The number of aromatic nitrogens is 2. The van der Waals surface area contributed by atoms with Gasteiger partial charge < -0.3 is 10.1 Å². The summed E-state index contributed by atoms with van der Waals surface area (Å²) >= 11 is 1.54. The van der Waals surface area contributed by atoms with Crippen LogP contribution >= 0.6 is 11.3 Å². The second-order valence-corrected chi connectivity index (χ2v) is 7.11. The molecule has 1 atom stereocenters. The van der Waals surface area contributed by atoms with Crippen LogP contribution in [-0.2, 0) is 4.74 Å². The van der Waals surface area contributed by atoms with E-state index in [0.717, 1.165) is 41.8 Å². The van der Waals surface area contributed by atoms with Crippen LogP contribution in [0.25, 0.3) is 10.2 Å². The molecule has 0 bridgehead atoms. The molecule has 5 nitrogen and oxygen atoms in total. The van der Waals surface area contributed by atoms with Gasteiger partial charge in [-0.25, -0.2) is 4.98 Å². The molecular weight excluding hydrogens is 334 g/mol. The standard InChI is InChI=1S/C19H19N3O2S/c23-19(14-3-4-16-17(10-14)25-12-21-16)22-18(13-5-8-24-9-6-13)15-2-1-7-20-11-15/h1-4,7,10-13,18H,5-6,8-9H2,(H,22,23)/t18-/m0/s1. The Hall–Kier alpha value is -2.31. The number of fused-ring (bicyclic) bond motifs is 1. The lowest BCUT2D eigenvalue weighted by Gasteiger charge is -2.31. The minimum Gasteiger partial charge on any atom is -0.381 e. The molecule has 1 N–H and O–H groups in total. The van der Waals surface area contributed by atoms with Crippen molar-refractivity contribution in [3.05, 3.63) is 59.4 Å². The third-order valence-electron chi connectivity index (χ3n) is 4.66. The van der Waals surface area contributed by atoms with Crippen molar-refractivity contribution in [2.24, 2.45) is 5.92 Å². The number of thiazole rings is 1. The molecule has 6 heteroatoms. The van der Waals surface area contributed by atoms with Crippen LogP contribution in [0.5, 0.6) is 0 Å². The number of pyridine rings is 1. The van der Waals surface area contributed by atoms with E-state index in [-0.39, 0.29) is 11.9 Å². The first-order valence-electron chi connectivity index (χ1n) is 8.43. The Morgan fingerprint density at radius 1 is 1.28 bits per heavy atom. The van der Waals surface area contributed by atoms with Crippen molar-refractivity contribution in [2.75, 3.05) is 13.2 Å². The second-order valence-electron chi connectivity index (χ2n) is 6.22. The number of nitrogens with one attached hydrogen (secondary N) is 1. The van der Waals surface area contributed by atoms with Crippen LogP contribution in [0.1, 0.15) is 34.8 Å². The molecule has 4 rings (SSSR count). The molecule has 1 amide bonds. The van der Waals surface area contributed by atoms with Gasteiger partial charge in [-0.05, 0) is 48.6 Å². The molecule has 3 aromatic rings. The zero-order chi connectivity index (χ0) is 17.1.